The van der Waals surface area contributed by atoms with Crippen LogP contribution in [0, 0.1) is 0 Å². The number of fused-ring (bicyclic) bond motifs is 1. The summed E-state index contributed by atoms with van der Waals surface area (Å²) in [7, 11) is -3.45. The third-order valence-corrected chi connectivity index (χ3v) is 3.04. The first-order chi connectivity index (χ1) is 7.96. The normalized spacial score (nSPS) is 13.8. The van der Waals surface area contributed by atoms with Gasteiger partial charge in [-0.3, -0.25) is 9.17 Å². The average Bonchev–Trinajstić information content (AvgIpc) is 2.26. The second-order valence-corrected chi connectivity index (χ2v) is 5.50. The Kier molecular flexibility index (Phi) is 3.13. The zero-order valence-electron chi connectivity index (χ0n) is 9.62. The summed E-state index contributed by atoms with van der Waals surface area (Å²) >= 11 is 0. The predicted octanol–water partition coefficient (Wildman–Crippen LogP) is 2.27. The van der Waals surface area contributed by atoms with Crippen LogP contribution in [0.5, 0.6) is 0 Å². The van der Waals surface area contributed by atoms with Crippen LogP contribution in [0.15, 0.2) is 36.5 Å². The van der Waals surface area contributed by atoms with Crippen molar-refractivity contribution in [1.29, 1.82) is 0 Å². The van der Waals surface area contributed by atoms with Crippen molar-refractivity contribution in [3.8, 4) is 0 Å². The van der Waals surface area contributed by atoms with E-state index in [1.54, 1.807) is 13.1 Å². The fourth-order valence-corrected chi connectivity index (χ4v) is 2.26. The predicted molar refractivity (Wildman–Crippen MR) is 66.1 cm³/mol. The molecule has 1 aromatic carbocycles. The first-order valence-electron chi connectivity index (χ1n) is 5.19. The summed E-state index contributed by atoms with van der Waals surface area (Å²) in [6.45, 7) is 1.69. The molecular formula is C12H13NO3S. The molecule has 0 amide bonds. The SMILES string of the molecule is CC(OS(C)(=O)=O)c1cnc2ccccc2c1. The van der Waals surface area contributed by atoms with Crippen molar-refractivity contribution < 1.29 is 12.6 Å². The summed E-state index contributed by atoms with van der Waals surface area (Å²) in [5, 5.41) is 0.967. The van der Waals surface area contributed by atoms with Crippen molar-refractivity contribution in [2.24, 2.45) is 0 Å². The van der Waals surface area contributed by atoms with E-state index in [9.17, 15) is 8.42 Å². The molecule has 90 valence electrons. The largest absolute Gasteiger partial charge is 0.264 e. The van der Waals surface area contributed by atoms with E-state index in [0.717, 1.165) is 22.7 Å². The zero-order chi connectivity index (χ0) is 12.5. The van der Waals surface area contributed by atoms with Crippen LogP contribution in [-0.4, -0.2) is 19.7 Å². The summed E-state index contributed by atoms with van der Waals surface area (Å²) in [6, 6.07) is 9.54. The molecule has 17 heavy (non-hydrogen) atoms. The van der Waals surface area contributed by atoms with Gasteiger partial charge in [-0.2, -0.15) is 8.42 Å². The Balaban J connectivity index is 2.36. The number of nitrogens with zero attached hydrogens (tertiary/aromatic N) is 1. The minimum absolute atomic E-state index is 0.526. The van der Waals surface area contributed by atoms with Crippen molar-refractivity contribution in [1.82, 2.24) is 4.98 Å². The highest BCUT2D eigenvalue weighted by molar-refractivity contribution is 7.86. The first kappa shape index (κ1) is 12.0. The molecule has 0 bridgehead atoms. The molecule has 1 heterocycles. The van der Waals surface area contributed by atoms with Gasteiger partial charge >= 0.3 is 0 Å². The number of pyridine rings is 1. The van der Waals surface area contributed by atoms with Crippen molar-refractivity contribution in [3.63, 3.8) is 0 Å². The van der Waals surface area contributed by atoms with Crippen LogP contribution >= 0.6 is 0 Å². The second kappa shape index (κ2) is 4.43. The number of para-hydroxylation sites is 1. The minimum Gasteiger partial charge on any atom is -0.262 e. The first-order valence-corrected chi connectivity index (χ1v) is 7.00. The zero-order valence-corrected chi connectivity index (χ0v) is 10.4. The Bertz CT molecular complexity index is 637. The van der Waals surface area contributed by atoms with E-state index in [1.807, 2.05) is 30.3 Å². The Hall–Kier alpha value is -1.46. The van der Waals surface area contributed by atoms with E-state index in [-0.39, 0.29) is 0 Å². The standard InChI is InChI=1S/C12H13NO3S/c1-9(16-17(2,14)15)11-7-10-5-3-4-6-12(10)13-8-11/h3-9H,1-2H3. The van der Waals surface area contributed by atoms with Crippen LogP contribution in [0.3, 0.4) is 0 Å². The Labute approximate surface area is 100 Å². The van der Waals surface area contributed by atoms with Gasteiger partial charge in [-0.1, -0.05) is 18.2 Å². The maximum atomic E-state index is 11.0. The summed E-state index contributed by atoms with van der Waals surface area (Å²) in [4.78, 5) is 4.26. The highest BCUT2D eigenvalue weighted by Gasteiger charge is 2.13. The van der Waals surface area contributed by atoms with Gasteiger partial charge in [0.1, 0.15) is 6.10 Å². The van der Waals surface area contributed by atoms with Gasteiger partial charge in [0.15, 0.2) is 0 Å². The number of benzene rings is 1. The second-order valence-electron chi connectivity index (χ2n) is 3.90. The minimum atomic E-state index is -3.45. The monoisotopic (exact) mass is 251 g/mol. The van der Waals surface area contributed by atoms with Gasteiger partial charge < -0.3 is 0 Å². The number of aromatic nitrogens is 1. The van der Waals surface area contributed by atoms with Crippen molar-refractivity contribution in [2.75, 3.05) is 6.26 Å². The molecule has 0 radical (unpaired) electrons. The lowest BCUT2D eigenvalue weighted by Gasteiger charge is -2.11. The molecule has 0 spiro atoms. The molecule has 2 rings (SSSR count). The lowest BCUT2D eigenvalue weighted by molar-refractivity contribution is 0.236. The molecule has 0 saturated heterocycles. The van der Waals surface area contributed by atoms with Gasteiger partial charge in [-0.25, -0.2) is 0 Å². The van der Waals surface area contributed by atoms with Crippen LogP contribution in [0.4, 0.5) is 0 Å². The smallest absolute Gasteiger partial charge is 0.262 e. The fraction of sp³-hybridized carbons (Fsp3) is 0.250. The summed E-state index contributed by atoms with van der Waals surface area (Å²) in [5.74, 6) is 0. The Morgan fingerprint density at radius 1 is 1.29 bits per heavy atom. The van der Waals surface area contributed by atoms with Crippen LogP contribution in [0.25, 0.3) is 10.9 Å². The highest BCUT2D eigenvalue weighted by Crippen LogP contribution is 2.21. The molecule has 0 N–H and O–H groups in total. The molecule has 4 nitrogen and oxygen atoms in total. The van der Waals surface area contributed by atoms with E-state index in [4.69, 9.17) is 4.18 Å². The quantitative estimate of drug-likeness (QED) is 0.785. The molecule has 1 unspecified atom stereocenters. The number of hydrogen-bond acceptors (Lipinski definition) is 4. The van der Waals surface area contributed by atoms with Crippen molar-refractivity contribution in [3.05, 3.63) is 42.1 Å². The van der Waals surface area contributed by atoms with Gasteiger partial charge in [-0.15, -0.1) is 0 Å². The summed E-state index contributed by atoms with van der Waals surface area (Å²) in [5.41, 5.74) is 1.62. The third kappa shape index (κ3) is 3.01. The molecule has 2 aromatic rings. The van der Waals surface area contributed by atoms with E-state index >= 15 is 0 Å². The van der Waals surface area contributed by atoms with E-state index in [0.29, 0.717) is 0 Å². The van der Waals surface area contributed by atoms with E-state index < -0.39 is 16.2 Å². The topological polar surface area (TPSA) is 56.3 Å². The molecule has 0 aliphatic heterocycles. The fourth-order valence-electron chi connectivity index (χ4n) is 1.63. The lowest BCUT2D eigenvalue weighted by atomic mass is 10.1. The highest BCUT2D eigenvalue weighted by atomic mass is 32.2. The van der Waals surface area contributed by atoms with Gasteiger partial charge in [0, 0.05) is 17.1 Å². The third-order valence-electron chi connectivity index (χ3n) is 2.40. The van der Waals surface area contributed by atoms with Crippen LogP contribution < -0.4 is 0 Å². The number of hydrogen-bond donors (Lipinski definition) is 0. The number of rotatable bonds is 3. The summed E-state index contributed by atoms with van der Waals surface area (Å²) < 4.78 is 27.0. The van der Waals surface area contributed by atoms with Crippen molar-refractivity contribution in [2.45, 2.75) is 13.0 Å². The average molecular weight is 251 g/mol. The Morgan fingerprint density at radius 2 is 2.00 bits per heavy atom. The van der Waals surface area contributed by atoms with Crippen LogP contribution in [0.1, 0.15) is 18.6 Å². The Morgan fingerprint density at radius 3 is 2.71 bits per heavy atom. The molecule has 1 aromatic heterocycles. The molecule has 0 fully saturated rings. The molecule has 0 aliphatic rings. The van der Waals surface area contributed by atoms with E-state index in [2.05, 4.69) is 4.98 Å². The van der Waals surface area contributed by atoms with Crippen LogP contribution in [0.2, 0.25) is 0 Å². The van der Waals surface area contributed by atoms with Gasteiger partial charge in [0.25, 0.3) is 10.1 Å². The van der Waals surface area contributed by atoms with E-state index in [1.165, 1.54) is 0 Å². The lowest BCUT2D eigenvalue weighted by Crippen LogP contribution is -2.07. The molecule has 0 aliphatic carbocycles. The molecular weight excluding hydrogens is 238 g/mol. The van der Waals surface area contributed by atoms with Gasteiger partial charge in [-0.05, 0) is 19.1 Å². The molecule has 0 saturated carbocycles. The summed E-state index contributed by atoms with van der Waals surface area (Å²) in [6.07, 6.45) is 2.15. The van der Waals surface area contributed by atoms with Gasteiger partial charge in [0.2, 0.25) is 0 Å². The van der Waals surface area contributed by atoms with Gasteiger partial charge in [0.05, 0.1) is 11.8 Å². The molecule has 1 atom stereocenters. The molecule has 5 heteroatoms. The van der Waals surface area contributed by atoms with Crippen LogP contribution in [-0.2, 0) is 14.3 Å². The maximum Gasteiger partial charge on any atom is 0.264 e. The van der Waals surface area contributed by atoms with Crippen molar-refractivity contribution >= 4 is 21.0 Å². The maximum absolute atomic E-state index is 11.0.